The van der Waals surface area contributed by atoms with Crippen LogP contribution >= 0.6 is 11.8 Å². The van der Waals surface area contributed by atoms with E-state index in [2.05, 4.69) is 20.6 Å². The zero-order valence-corrected chi connectivity index (χ0v) is 21.3. The molecule has 2 amide bonds. The Labute approximate surface area is 218 Å². The maximum Gasteiger partial charge on any atom is 0.326 e. The number of amides is 2. The summed E-state index contributed by atoms with van der Waals surface area (Å²) in [6.45, 7) is 0. The van der Waals surface area contributed by atoms with Gasteiger partial charge in [0, 0.05) is 40.6 Å². The number of hydrogen-bond acceptors (Lipinski definition) is 5. The lowest BCUT2D eigenvalue weighted by Gasteiger charge is -2.23. The fraction of sp³-hybridized carbons (Fsp3) is 0.296. The number of hydrogen-bond donors (Lipinski definition) is 6. The summed E-state index contributed by atoms with van der Waals surface area (Å²) in [5.41, 5.74) is 9.75. The number of carbonyl (C=O) groups excluding carboxylic acids is 2. The lowest BCUT2D eigenvalue weighted by atomic mass is 10.0. The molecular weight excluding hydrogens is 490 g/mol. The second kappa shape index (κ2) is 12.0. The zero-order valence-electron chi connectivity index (χ0n) is 20.5. The van der Waals surface area contributed by atoms with Gasteiger partial charge in [-0.15, -0.1) is 0 Å². The van der Waals surface area contributed by atoms with Crippen LogP contribution in [-0.2, 0) is 27.2 Å². The first-order valence-corrected chi connectivity index (χ1v) is 13.4. The molecule has 10 heteroatoms. The molecule has 3 unspecified atom stereocenters. The van der Waals surface area contributed by atoms with E-state index in [1.807, 2.05) is 61.0 Å². The Morgan fingerprint density at radius 2 is 1.41 bits per heavy atom. The fourth-order valence-corrected chi connectivity index (χ4v) is 4.88. The van der Waals surface area contributed by atoms with E-state index in [1.54, 1.807) is 6.20 Å². The van der Waals surface area contributed by atoms with E-state index < -0.39 is 35.9 Å². The molecule has 7 N–H and O–H groups in total. The van der Waals surface area contributed by atoms with Crippen molar-refractivity contribution < 1.29 is 19.5 Å². The number of aliphatic carboxylic acids is 1. The normalized spacial score (nSPS) is 13.8. The molecule has 37 heavy (non-hydrogen) atoms. The van der Waals surface area contributed by atoms with Gasteiger partial charge in [-0.05, 0) is 48.1 Å². The van der Waals surface area contributed by atoms with Crippen molar-refractivity contribution in [2.45, 2.75) is 37.4 Å². The van der Waals surface area contributed by atoms with Crippen LogP contribution in [0.1, 0.15) is 17.5 Å². The van der Waals surface area contributed by atoms with Crippen LogP contribution in [0.4, 0.5) is 0 Å². The summed E-state index contributed by atoms with van der Waals surface area (Å²) in [5, 5.41) is 17.1. The molecular formula is C27H31N5O4S. The third-order valence-corrected chi connectivity index (χ3v) is 7.05. The molecule has 194 valence electrons. The highest BCUT2D eigenvalue weighted by Crippen LogP contribution is 2.20. The third kappa shape index (κ3) is 6.33. The molecule has 0 aliphatic heterocycles. The quantitative estimate of drug-likeness (QED) is 0.168. The van der Waals surface area contributed by atoms with Gasteiger partial charge in [0.05, 0.1) is 6.04 Å². The number of carboxylic acid groups (broad SMARTS) is 1. The van der Waals surface area contributed by atoms with Gasteiger partial charge < -0.3 is 31.4 Å². The number of carbonyl (C=O) groups is 3. The van der Waals surface area contributed by atoms with Crippen molar-refractivity contribution in [2.24, 2.45) is 5.73 Å². The SMILES string of the molecule is CSCCC(NC(=O)C(N)Cc1c[nH]c2ccccc12)C(=O)NC(Cc1c[nH]c2ccccc12)C(=O)O. The average molecular weight is 522 g/mol. The van der Waals surface area contributed by atoms with Gasteiger partial charge in [-0.2, -0.15) is 11.8 Å². The molecule has 3 atom stereocenters. The second-order valence-electron chi connectivity index (χ2n) is 8.98. The molecule has 9 nitrogen and oxygen atoms in total. The molecule has 2 aromatic heterocycles. The van der Waals surface area contributed by atoms with E-state index in [0.717, 1.165) is 32.9 Å². The van der Waals surface area contributed by atoms with Crippen LogP contribution in [0.15, 0.2) is 60.9 Å². The van der Waals surface area contributed by atoms with E-state index in [1.165, 1.54) is 11.8 Å². The van der Waals surface area contributed by atoms with Crippen LogP contribution in [0.3, 0.4) is 0 Å². The Balaban J connectivity index is 1.43. The number of rotatable bonds is 12. The molecule has 4 rings (SSSR count). The predicted molar refractivity (Wildman–Crippen MR) is 146 cm³/mol. The number of aromatic amines is 2. The van der Waals surface area contributed by atoms with Crippen molar-refractivity contribution in [2.75, 3.05) is 12.0 Å². The molecule has 2 heterocycles. The van der Waals surface area contributed by atoms with Gasteiger partial charge in [0.25, 0.3) is 0 Å². The highest BCUT2D eigenvalue weighted by atomic mass is 32.2. The van der Waals surface area contributed by atoms with E-state index in [0.29, 0.717) is 18.6 Å². The maximum absolute atomic E-state index is 13.2. The highest BCUT2D eigenvalue weighted by molar-refractivity contribution is 7.98. The van der Waals surface area contributed by atoms with Crippen molar-refractivity contribution in [3.63, 3.8) is 0 Å². The van der Waals surface area contributed by atoms with Crippen molar-refractivity contribution in [3.8, 4) is 0 Å². The number of thioether (sulfide) groups is 1. The number of fused-ring (bicyclic) bond motifs is 2. The number of nitrogens with two attached hydrogens (primary N) is 1. The van der Waals surface area contributed by atoms with Crippen molar-refractivity contribution >= 4 is 51.4 Å². The monoisotopic (exact) mass is 521 g/mol. The lowest BCUT2D eigenvalue weighted by Crippen LogP contribution is -2.55. The summed E-state index contributed by atoms with van der Waals surface area (Å²) < 4.78 is 0. The molecule has 0 saturated carbocycles. The molecule has 2 aromatic carbocycles. The Kier molecular flexibility index (Phi) is 8.52. The van der Waals surface area contributed by atoms with Crippen LogP contribution in [-0.4, -0.2) is 63.0 Å². The first-order valence-electron chi connectivity index (χ1n) is 12.1. The molecule has 0 fully saturated rings. The fourth-order valence-electron chi connectivity index (χ4n) is 4.41. The largest absolute Gasteiger partial charge is 0.480 e. The summed E-state index contributed by atoms with van der Waals surface area (Å²) in [7, 11) is 0. The lowest BCUT2D eigenvalue weighted by molar-refractivity contribution is -0.142. The zero-order chi connectivity index (χ0) is 26.4. The van der Waals surface area contributed by atoms with E-state index in [-0.39, 0.29) is 6.42 Å². The van der Waals surface area contributed by atoms with Crippen LogP contribution in [0.5, 0.6) is 0 Å². The molecule has 0 bridgehead atoms. The summed E-state index contributed by atoms with van der Waals surface area (Å²) in [5.74, 6) is -1.55. The summed E-state index contributed by atoms with van der Waals surface area (Å²) >= 11 is 1.53. The van der Waals surface area contributed by atoms with Gasteiger partial charge in [-0.25, -0.2) is 4.79 Å². The first-order chi connectivity index (χ1) is 17.9. The standard InChI is InChI=1S/C27H31N5O4S/c1-37-11-10-23(31-25(33)20(28)12-16-14-29-21-8-4-2-6-18(16)21)26(34)32-24(27(35)36)13-17-15-30-22-9-5-3-7-19(17)22/h2-9,14-15,20,23-24,29-30H,10-13,28H2,1H3,(H,31,33)(H,32,34)(H,35,36). The number of H-pyrrole nitrogens is 2. The van der Waals surface area contributed by atoms with Gasteiger partial charge in [0.15, 0.2) is 0 Å². The van der Waals surface area contributed by atoms with Gasteiger partial charge in [0.2, 0.25) is 11.8 Å². The highest BCUT2D eigenvalue weighted by Gasteiger charge is 2.28. The van der Waals surface area contributed by atoms with E-state index in [4.69, 9.17) is 5.73 Å². The molecule has 0 spiro atoms. The minimum atomic E-state index is -1.15. The van der Waals surface area contributed by atoms with E-state index in [9.17, 15) is 19.5 Å². The predicted octanol–water partition coefficient (Wildman–Crippen LogP) is 2.57. The summed E-state index contributed by atoms with van der Waals surface area (Å²) in [6, 6.07) is 12.4. The minimum Gasteiger partial charge on any atom is -0.480 e. The molecule has 4 aromatic rings. The Morgan fingerprint density at radius 1 is 0.865 bits per heavy atom. The Hall–Kier alpha value is -3.76. The maximum atomic E-state index is 13.2. The van der Waals surface area contributed by atoms with Crippen LogP contribution in [0.2, 0.25) is 0 Å². The molecule has 0 aliphatic rings. The van der Waals surface area contributed by atoms with Crippen LogP contribution < -0.4 is 16.4 Å². The van der Waals surface area contributed by atoms with E-state index >= 15 is 0 Å². The van der Waals surface area contributed by atoms with Gasteiger partial charge in [0.1, 0.15) is 12.1 Å². The summed E-state index contributed by atoms with van der Waals surface area (Å²) in [4.78, 5) is 44.4. The topological polar surface area (TPSA) is 153 Å². The van der Waals surface area contributed by atoms with Gasteiger partial charge >= 0.3 is 5.97 Å². The van der Waals surface area contributed by atoms with Gasteiger partial charge in [-0.1, -0.05) is 36.4 Å². The first kappa shape index (κ1) is 26.3. The molecule has 0 radical (unpaired) electrons. The average Bonchev–Trinajstić information content (AvgIpc) is 3.50. The van der Waals surface area contributed by atoms with Crippen LogP contribution in [0, 0.1) is 0 Å². The number of para-hydroxylation sites is 2. The number of aromatic nitrogens is 2. The van der Waals surface area contributed by atoms with Crippen molar-refractivity contribution in [1.82, 2.24) is 20.6 Å². The number of nitrogens with one attached hydrogen (secondary N) is 4. The van der Waals surface area contributed by atoms with Crippen molar-refractivity contribution in [3.05, 3.63) is 72.1 Å². The summed E-state index contributed by atoms with van der Waals surface area (Å²) in [6.07, 6.45) is 6.23. The third-order valence-electron chi connectivity index (χ3n) is 6.41. The molecule has 0 aliphatic carbocycles. The minimum absolute atomic E-state index is 0.106. The second-order valence-corrected chi connectivity index (χ2v) is 9.96. The smallest absolute Gasteiger partial charge is 0.326 e. The number of benzene rings is 2. The number of carboxylic acids is 1. The van der Waals surface area contributed by atoms with Gasteiger partial charge in [-0.3, -0.25) is 9.59 Å². The Bertz CT molecular complexity index is 1400. The van der Waals surface area contributed by atoms with Crippen LogP contribution in [0.25, 0.3) is 21.8 Å². The Morgan fingerprint density at radius 3 is 1.97 bits per heavy atom. The van der Waals surface area contributed by atoms with Crippen molar-refractivity contribution in [1.29, 1.82) is 0 Å². The molecule has 0 saturated heterocycles.